The predicted octanol–water partition coefficient (Wildman–Crippen LogP) is 2.21. The smallest absolute Gasteiger partial charge is 0.0544 e. The monoisotopic (exact) mass is 255 g/mol. The summed E-state index contributed by atoms with van der Waals surface area (Å²) in [6, 6.07) is 6.88. The van der Waals surface area contributed by atoms with E-state index in [1.165, 1.54) is 19.3 Å². The van der Waals surface area contributed by atoms with Gasteiger partial charge in [0.2, 0.25) is 0 Å². The SMILES string of the molecule is CC(N)C1CCCCN1Cc1ccccn1.Cl. The van der Waals surface area contributed by atoms with Crippen molar-refractivity contribution >= 4 is 12.4 Å². The molecule has 1 aliphatic heterocycles. The lowest BCUT2D eigenvalue weighted by Gasteiger charge is -2.37. The van der Waals surface area contributed by atoms with Crippen LogP contribution < -0.4 is 5.73 Å². The first kappa shape index (κ1) is 14.4. The third kappa shape index (κ3) is 3.95. The number of hydrogen-bond acceptors (Lipinski definition) is 3. The molecule has 0 aromatic carbocycles. The Morgan fingerprint density at radius 3 is 2.94 bits per heavy atom. The topological polar surface area (TPSA) is 42.1 Å². The van der Waals surface area contributed by atoms with Crippen molar-refractivity contribution in [1.29, 1.82) is 0 Å². The van der Waals surface area contributed by atoms with Crippen molar-refractivity contribution in [3.05, 3.63) is 30.1 Å². The molecule has 1 saturated heterocycles. The minimum Gasteiger partial charge on any atom is -0.327 e. The molecule has 2 heterocycles. The fourth-order valence-corrected chi connectivity index (χ4v) is 2.51. The average molecular weight is 256 g/mol. The highest BCUT2D eigenvalue weighted by molar-refractivity contribution is 5.85. The van der Waals surface area contributed by atoms with Gasteiger partial charge in [0, 0.05) is 24.8 Å². The van der Waals surface area contributed by atoms with Crippen molar-refractivity contribution in [1.82, 2.24) is 9.88 Å². The second-order valence-electron chi connectivity index (χ2n) is 4.71. The van der Waals surface area contributed by atoms with E-state index in [1.54, 1.807) is 0 Å². The number of likely N-dealkylation sites (tertiary alicyclic amines) is 1. The number of hydrogen-bond donors (Lipinski definition) is 1. The molecule has 17 heavy (non-hydrogen) atoms. The van der Waals surface area contributed by atoms with E-state index in [1.807, 2.05) is 18.3 Å². The van der Waals surface area contributed by atoms with Crippen LogP contribution in [0, 0.1) is 0 Å². The van der Waals surface area contributed by atoms with Gasteiger partial charge in [-0.15, -0.1) is 12.4 Å². The van der Waals surface area contributed by atoms with Gasteiger partial charge in [-0.2, -0.15) is 0 Å². The maximum absolute atomic E-state index is 6.05. The number of piperidine rings is 1. The Bertz CT molecular complexity index is 316. The van der Waals surface area contributed by atoms with Crippen molar-refractivity contribution in [3.8, 4) is 0 Å². The summed E-state index contributed by atoms with van der Waals surface area (Å²) in [6.45, 7) is 4.21. The second-order valence-corrected chi connectivity index (χ2v) is 4.71. The molecule has 1 aromatic heterocycles. The molecule has 1 aliphatic rings. The second kappa shape index (κ2) is 6.94. The highest BCUT2D eigenvalue weighted by Gasteiger charge is 2.25. The Hall–Kier alpha value is -0.640. The van der Waals surface area contributed by atoms with Gasteiger partial charge in [0.05, 0.1) is 5.69 Å². The third-order valence-corrected chi connectivity index (χ3v) is 3.36. The first-order chi connectivity index (χ1) is 7.77. The summed E-state index contributed by atoms with van der Waals surface area (Å²) in [7, 11) is 0. The third-order valence-electron chi connectivity index (χ3n) is 3.36. The Balaban J connectivity index is 0.00000144. The number of aromatic nitrogens is 1. The largest absolute Gasteiger partial charge is 0.327 e. The molecule has 2 N–H and O–H groups in total. The van der Waals surface area contributed by atoms with E-state index < -0.39 is 0 Å². The van der Waals surface area contributed by atoms with Gasteiger partial charge < -0.3 is 5.73 Å². The van der Waals surface area contributed by atoms with Crippen LogP contribution in [0.2, 0.25) is 0 Å². The maximum Gasteiger partial charge on any atom is 0.0544 e. The van der Waals surface area contributed by atoms with Crippen molar-refractivity contribution in [2.75, 3.05) is 6.54 Å². The molecule has 0 spiro atoms. The van der Waals surface area contributed by atoms with Crippen molar-refractivity contribution in [3.63, 3.8) is 0 Å². The van der Waals surface area contributed by atoms with Crippen molar-refractivity contribution in [2.24, 2.45) is 5.73 Å². The molecule has 1 fully saturated rings. The van der Waals surface area contributed by atoms with Crippen LogP contribution in [0.5, 0.6) is 0 Å². The minimum absolute atomic E-state index is 0. The fraction of sp³-hybridized carbons (Fsp3) is 0.615. The molecule has 0 amide bonds. The molecule has 0 bridgehead atoms. The van der Waals surface area contributed by atoms with E-state index in [2.05, 4.69) is 22.9 Å². The van der Waals surface area contributed by atoms with Gasteiger partial charge in [-0.3, -0.25) is 9.88 Å². The molecule has 0 saturated carbocycles. The lowest BCUT2D eigenvalue weighted by Crippen LogP contribution is -2.48. The van der Waals surface area contributed by atoms with Crippen LogP contribution in [0.15, 0.2) is 24.4 Å². The molecule has 2 atom stereocenters. The van der Waals surface area contributed by atoms with Gasteiger partial charge in [-0.1, -0.05) is 12.5 Å². The van der Waals surface area contributed by atoms with Gasteiger partial charge in [0.25, 0.3) is 0 Å². The summed E-state index contributed by atoms with van der Waals surface area (Å²) >= 11 is 0. The molecule has 0 aliphatic carbocycles. The maximum atomic E-state index is 6.05. The number of nitrogens with zero attached hydrogens (tertiary/aromatic N) is 2. The zero-order valence-corrected chi connectivity index (χ0v) is 11.2. The Labute approximate surface area is 110 Å². The normalized spacial score (nSPS) is 22.8. The van der Waals surface area contributed by atoms with Crippen LogP contribution in [-0.4, -0.2) is 28.5 Å². The summed E-state index contributed by atoms with van der Waals surface area (Å²) < 4.78 is 0. The van der Waals surface area contributed by atoms with Gasteiger partial charge in [-0.05, 0) is 38.4 Å². The van der Waals surface area contributed by atoms with Crippen LogP contribution in [0.4, 0.5) is 0 Å². The first-order valence-electron chi connectivity index (χ1n) is 6.17. The first-order valence-corrected chi connectivity index (χ1v) is 6.17. The summed E-state index contributed by atoms with van der Waals surface area (Å²) in [5.74, 6) is 0. The standard InChI is InChI=1S/C13H21N3.ClH/c1-11(14)13-7-3-5-9-16(13)10-12-6-2-4-8-15-12;/h2,4,6,8,11,13H,3,5,7,9-10,14H2,1H3;1H. The van der Waals surface area contributed by atoms with Gasteiger partial charge in [-0.25, -0.2) is 0 Å². The average Bonchev–Trinajstić information content (AvgIpc) is 2.31. The molecule has 4 heteroatoms. The van der Waals surface area contributed by atoms with Gasteiger partial charge in [0.15, 0.2) is 0 Å². The molecule has 3 nitrogen and oxygen atoms in total. The molecule has 2 unspecified atom stereocenters. The number of rotatable bonds is 3. The van der Waals surface area contributed by atoms with Crippen LogP contribution >= 0.6 is 12.4 Å². The summed E-state index contributed by atoms with van der Waals surface area (Å²) in [4.78, 5) is 6.87. The molecule has 0 radical (unpaired) electrons. The molecule has 1 aromatic rings. The number of pyridine rings is 1. The minimum atomic E-state index is 0. The van der Waals surface area contributed by atoms with E-state index in [0.29, 0.717) is 6.04 Å². The van der Waals surface area contributed by atoms with Crippen molar-refractivity contribution in [2.45, 2.75) is 44.8 Å². The van der Waals surface area contributed by atoms with Crippen LogP contribution in [0.25, 0.3) is 0 Å². The van der Waals surface area contributed by atoms with Crippen LogP contribution in [0.3, 0.4) is 0 Å². The van der Waals surface area contributed by atoms with Crippen LogP contribution in [-0.2, 0) is 6.54 Å². The fourth-order valence-electron chi connectivity index (χ4n) is 2.51. The zero-order valence-electron chi connectivity index (χ0n) is 10.4. The van der Waals surface area contributed by atoms with Gasteiger partial charge >= 0.3 is 0 Å². The molecule has 2 rings (SSSR count). The Kier molecular flexibility index (Phi) is 5.89. The molecular weight excluding hydrogens is 234 g/mol. The van der Waals surface area contributed by atoms with E-state index in [4.69, 9.17) is 5.73 Å². The number of nitrogens with two attached hydrogens (primary N) is 1. The van der Waals surface area contributed by atoms with Crippen LogP contribution in [0.1, 0.15) is 31.9 Å². The highest BCUT2D eigenvalue weighted by atomic mass is 35.5. The van der Waals surface area contributed by atoms with Gasteiger partial charge in [0.1, 0.15) is 0 Å². The molecule has 96 valence electrons. The molecular formula is C13H22ClN3. The highest BCUT2D eigenvalue weighted by Crippen LogP contribution is 2.20. The quantitative estimate of drug-likeness (QED) is 0.901. The Morgan fingerprint density at radius 1 is 1.47 bits per heavy atom. The Morgan fingerprint density at radius 2 is 2.29 bits per heavy atom. The van der Waals surface area contributed by atoms with E-state index in [-0.39, 0.29) is 18.4 Å². The summed E-state index contributed by atoms with van der Waals surface area (Å²) in [5.41, 5.74) is 7.20. The zero-order chi connectivity index (χ0) is 11.4. The lowest BCUT2D eigenvalue weighted by atomic mass is 9.97. The predicted molar refractivity (Wildman–Crippen MR) is 73.2 cm³/mol. The lowest BCUT2D eigenvalue weighted by molar-refractivity contribution is 0.121. The summed E-state index contributed by atoms with van der Waals surface area (Å²) in [5, 5.41) is 0. The number of halogens is 1. The van der Waals surface area contributed by atoms with E-state index in [0.717, 1.165) is 18.8 Å². The summed E-state index contributed by atoms with van der Waals surface area (Å²) in [6.07, 6.45) is 5.69. The van der Waals surface area contributed by atoms with E-state index in [9.17, 15) is 0 Å². The van der Waals surface area contributed by atoms with E-state index >= 15 is 0 Å². The van der Waals surface area contributed by atoms with Crippen molar-refractivity contribution < 1.29 is 0 Å².